The van der Waals surface area contributed by atoms with Crippen molar-refractivity contribution in [2.24, 2.45) is 0 Å². The lowest BCUT2D eigenvalue weighted by molar-refractivity contribution is 0.0112. The second kappa shape index (κ2) is 2.67. The summed E-state index contributed by atoms with van der Waals surface area (Å²) >= 11 is 0. The number of alkyl halides is 2. The van der Waals surface area contributed by atoms with Crippen LogP contribution in [0.25, 0.3) is 11.0 Å². The van der Waals surface area contributed by atoms with E-state index in [2.05, 4.69) is 9.68 Å². The van der Waals surface area contributed by atoms with Crippen LogP contribution in [0.4, 0.5) is 8.78 Å². The minimum absolute atomic E-state index is 0.0420. The highest BCUT2D eigenvalue weighted by molar-refractivity contribution is 5.81. The van der Waals surface area contributed by atoms with Gasteiger partial charge in [0.2, 0.25) is 0 Å². The molecule has 14 heavy (non-hydrogen) atoms. The summed E-state index contributed by atoms with van der Waals surface area (Å²) in [5.74, 6) is -3.08. The fraction of sp³-hybridized carbons (Fsp3) is 0.222. The van der Waals surface area contributed by atoms with Gasteiger partial charge in [0.15, 0.2) is 11.3 Å². The molecular formula is C9H7F2NO2. The van der Waals surface area contributed by atoms with E-state index >= 15 is 0 Å². The molecule has 0 unspecified atom stereocenters. The molecule has 0 saturated carbocycles. The lowest BCUT2D eigenvalue weighted by atomic mass is 10.1. The van der Waals surface area contributed by atoms with E-state index in [-0.39, 0.29) is 16.7 Å². The Balaban J connectivity index is 2.70. The second-order valence-electron chi connectivity index (χ2n) is 3.10. The number of aromatic hydroxyl groups is 1. The predicted octanol–water partition coefficient (Wildman–Crippen LogP) is 2.65. The summed E-state index contributed by atoms with van der Waals surface area (Å²) in [6.45, 7) is 0.747. The molecule has 1 aromatic heterocycles. The molecule has 0 aliphatic rings. The van der Waals surface area contributed by atoms with Gasteiger partial charge in [-0.05, 0) is 12.1 Å². The van der Waals surface area contributed by atoms with Gasteiger partial charge in [-0.15, -0.1) is 0 Å². The van der Waals surface area contributed by atoms with Crippen LogP contribution < -0.4 is 0 Å². The highest BCUT2D eigenvalue weighted by Crippen LogP contribution is 2.33. The van der Waals surface area contributed by atoms with Crippen LogP contribution in [0.2, 0.25) is 0 Å². The molecule has 3 nitrogen and oxygen atoms in total. The van der Waals surface area contributed by atoms with E-state index in [1.165, 1.54) is 18.2 Å². The first kappa shape index (κ1) is 8.93. The molecule has 0 radical (unpaired) electrons. The van der Waals surface area contributed by atoms with E-state index in [1.54, 1.807) is 0 Å². The van der Waals surface area contributed by atoms with Crippen LogP contribution in [0.5, 0.6) is 5.75 Å². The van der Waals surface area contributed by atoms with Crippen LogP contribution in [0.3, 0.4) is 0 Å². The van der Waals surface area contributed by atoms with Gasteiger partial charge in [-0.25, -0.2) is 0 Å². The molecule has 0 amide bonds. The average Bonchev–Trinajstić information content (AvgIpc) is 2.45. The summed E-state index contributed by atoms with van der Waals surface area (Å²) < 4.78 is 30.5. The Hall–Kier alpha value is -1.65. The second-order valence-corrected chi connectivity index (χ2v) is 3.10. The number of nitrogens with zero attached hydrogens (tertiary/aromatic N) is 1. The average molecular weight is 199 g/mol. The van der Waals surface area contributed by atoms with Gasteiger partial charge in [-0.1, -0.05) is 5.16 Å². The molecule has 74 valence electrons. The fourth-order valence-corrected chi connectivity index (χ4v) is 1.24. The van der Waals surface area contributed by atoms with Gasteiger partial charge in [0.1, 0.15) is 5.75 Å². The van der Waals surface area contributed by atoms with Crippen LogP contribution in [0.1, 0.15) is 12.6 Å². The zero-order valence-electron chi connectivity index (χ0n) is 7.29. The maximum absolute atomic E-state index is 12.9. The molecule has 2 aromatic rings. The molecule has 2 rings (SSSR count). The van der Waals surface area contributed by atoms with Gasteiger partial charge in [-0.2, -0.15) is 8.78 Å². The van der Waals surface area contributed by atoms with Gasteiger partial charge in [-0.3, -0.25) is 0 Å². The summed E-state index contributed by atoms with van der Waals surface area (Å²) in [7, 11) is 0. The quantitative estimate of drug-likeness (QED) is 0.767. The van der Waals surface area contributed by atoms with E-state index < -0.39 is 11.6 Å². The van der Waals surface area contributed by atoms with Gasteiger partial charge in [0.05, 0.1) is 5.39 Å². The Morgan fingerprint density at radius 1 is 1.43 bits per heavy atom. The normalized spacial score (nSPS) is 12.2. The largest absolute Gasteiger partial charge is 0.508 e. The van der Waals surface area contributed by atoms with Crippen LogP contribution >= 0.6 is 0 Å². The van der Waals surface area contributed by atoms with Crippen molar-refractivity contribution in [2.75, 3.05) is 0 Å². The summed E-state index contributed by atoms with van der Waals surface area (Å²) in [5.41, 5.74) is -0.256. The molecule has 0 saturated heterocycles. The standard InChI is InChI=1S/C9H7F2NO2/c1-9(10,11)8-6-3-2-5(13)4-7(6)14-12-8/h2-4,13H,1H3. The maximum Gasteiger partial charge on any atom is 0.290 e. The lowest BCUT2D eigenvalue weighted by Gasteiger charge is -2.04. The number of phenolic OH excluding ortho intramolecular Hbond substituents is 1. The molecular weight excluding hydrogens is 192 g/mol. The molecule has 0 aliphatic heterocycles. The smallest absolute Gasteiger partial charge is 0.290 e. The van der Waals surface area contributed by atoms with Crippen molar-refractivity contribution in [3.63, 3.8) is 0 Å². The zero-order chi connectivity index (χ0) is 10.3. The summed E-state index contributed by atoms with van der Waals surface area (Å²) in [6.07, 6.45) is 0. The Kier molecular flexibility index (Phi) is 1.70. The number of phenols is 1. The van der Waals surface area contributed by atoms with E-state index in [0.29, 0.717) is 0 Å². The van der Waals surface area contributed by atoms with Crippen molar-refractivity contribution in [3.05, 3.63) is 23.9 Å². The highest BCUT2D eigenvalue weighted by Gasteiger charge is 2.31. The number of rotatable bonds is 1. The number of hydrogen-bond donors (Lipinski definition) is 1. The number of halogens is 2. The van der Waals surface area contributed by atoms with Crippen LogP contribution in [0.15, 0.2) is 22.7 Å². The minimum atomic E-state index is -3.04. The van der Waals surface area contributed by atoms with Gasteiger partial charge >= 0.3 is 0 Å². The van der Waals surface area contributed by atoms with Crippen molar-refractivity contribution < 1.29 is 18.4 Å². The molecule has 1 heterocycles. The van der Waals surface area contributed by atoms with Crippen molar-refractivity contribution in [3.8, 4) is 5.75 Å². The number of hydrogen-bond acceptors (Lipinski definition) is 3. The van der Waals surface area contributed by atoms with Crippen molar-refractivity contribution >= 4 is 11.0 Å². The molecule has 0 aliphatic carbocycles. The van der Waals surface area contributed by atoms with Crippen LogP contribution in [-0.2, 0) is 5.92 Å². The van der Waals surface area contributed by atoms with Crippen LogP contribution in [-0.4, -0.2) is 10.3 Å². The SMILES string of the molecule is CC(F)(F)c1noc2cc(O)ccc12. The molecule has 0 spiro atoms. The monoisotopic (exact) mass is 199 g/mol. The van der Waals surface area contributed by atoms with Gasteiger partial charge < -0.3 is 9.63 Å². The third kappa shape index (κ3) is 1.30. The topological polar surface area (TPSA) is 46.3 Å². The van der Waals surface area contributed by atoms with Crippen molar-refractivity contribution in [1.29, 1.82) is 0 Å². The molecule has 0 bridgehead atoms. The summed E-state index contributed by atoms with van der Waals surface area (Å²) in [5, 5.41) is 12.6. The predicted molar refractivity (Wildman–Crippen MR) is 45.2 cm³/mol. The Labute approximate surface area is 77.9 Å². The number of fused-ring (bicyclic) bond motifs is 1. The van der Waals surface area contributed by atoms with Gasteiger partial charge in [0, 0.05) is 13.0 Å². The first-order valence-corrected chi connectivity index (χ1v) is 3.95. The molecule has 0 fully saturated rings. The van der Waals surface area contributed by atoms with Crippen molar-refractivity contribution in [2.45, 2.75) is 12.8 Å². The first-order chi connectivity index (χ1) is 6.48. The van der Waals surface area contributed by atoms with Crippen LogP contribution in [0, 0.1) is 0 Å². The lowest BCUT2D eigenvalue weighted by Crippen LogP contribution is -2.07. The third-order valence-electron chi connectivity index (χ3n) is 1.87. The molecule has 0 atom stereocenters. The Morgan fingerprint density at radius 3 is 2.79 bits per heavy atom. The molecule has 1 aromatic carbocycles. The maximum atomic E-state index is 12.9. The molecule has 5 heteroatoms. The Bertz CT molecular complexity index is 473. The molecule has 1 N–H and O–H groups in total. The van der Waals surface area contributed by atoms with E-state index in [1.807, 2.05) is 0 Å². The number of aromatic nitrogens is 1. The zero-order valence-corrected chi connectivity index (χ0v) is 7.29. The summed E-state index contributed by atoms with van der Waals surface area (Å²) in [6, 6.07) is 3.92. The van der Waals surface area contributed by atoms with Crippen molar-refractivity contribution in [1.82, 2.24) is 5.16 Å². The Morgan fingerprint density at radius 2 is 2.14 bits per heavy atom. The van der Waals surface area contributed by atoms with E-state index in [9.17, 15) is 8.78 Å². The summed E-state index contributed by atoms with van der Waals surface area (Å²) in [4.78, 5) is 0. The third-order valence-corrected chi connectivity index (χ3v) is 1.87. The van der Waals surface area contributed by atoms with Gasteiger partial charge in [0.25, 0.3) is 5.92 Å². The highest BCUT2D eigenvalue weighted by atomic mass is 19.3. The fourth-order valence-electron chi connectivity index (χ4n) is 1.24. The minimum Gasteiger partial charge on any atom is -0.508 e. The number of benzene rings is 1. The first-order valence-electron chi connectivity index (χ1n) is 3.95. The van der Waals surface area contributed by atoms with E-state index in [0.717, 1.165) is 6.92 Å². The van der Waals surface area contributed by atoms with E-state index in [4.69, 9.17) is 5.11 Å².